The fraction of sp³-hybridized carbons (Fsp3) is 0.286. The summed E-state index contributed by atoms with van der Waals surface area (Å²) in [6, 6.07) is 10.8. The maximum absolute atomic E-state index is 13.3. The minimum Gasteiger partial charge on any atom is -0.469 e. The number of amides is 1. The second-order valence-corrected chi connectivity index (χ2v) is 6.77. The van der Waals surface area contributed by atoms with Crippen LogP contribution in [0.15, 0.2) is 56.7 Å². The Morgan fingerprint density at radius 1 is 1.21 bits per heavy atom. The molecular weight excluding hydrogens is 372 g/mol. The molecular formula is C21H24N4O4. The van der Waals surface area contributed by atoms with Crippen molar-refractivity contribution < 1.29 is 9.21 Å². The number of nitrogen functional groups attached to an aromatic ring is 1. The predicted octanol–water partition coefficient (Wildman–Crippen LogP) is 2.67. The molecule has 1 aromatic carbocycles. The maximum Gasteiger partial charge on any atom is 0.330 e. The number of carbonyl (C=O) groups excluding carboxylic acids is 1. The molecule has 3 aromatic rings. The lowest BCUT2D eigenvalue weighted by atomic mass is 10.1. The molecule has 0 spiro atoms. The van der Waals surface area contributed by atoms with Gasteiger partial charge in [0.1, 0.15) is 11.6 Å². The summed E-state index contributed by atoms with van der Waals surface area (Å²) in [5.41, 5.74) is 6.04. The first-order chi connectivity index (χ1) is 13.9. The van der Waals surface area contributed by atoms with Crippen LogP contribution in [-0.4, -0.2) is 15.5 Å². The fourth-order valence-electron chi connectivity index (χ4n) is 3.15. The molecule has 1 amide bonds. The van der Waals surface area contributed by atoms with E-state index in [9.17, 15) is 14.4 Å². The largest absolute Gasteiger partial charge is 0.469 e. The number of furan rings is 1. The predicted molar refractivity (Wildman–Crippen MR) is 111 cm³/mol. The molecule has 2 aromatic heterocycles. The van der Waals surface area contributed by atoms with Crippen LogP contribution in [0.1, 0.15) is 41.4 Å². The number of nitrogens with zero attached hydrogens (tertiary/aromatic N) is 2. The Morgan fingerprint density at radius 3 is 2.55 bits per heavy atom. The summed E-state index contributed by atoms with van der Waals surface area (Å²) in [5.74, 6) is -0.0296. The number of anilines is 2. The zero-order chi connectivity index (χ0) is 21.0. The van der Waals surface area contributed by atoms with E-state index >= 15 is 0 Å². The number of H-pyrrole nitrogens is 1. The molecule has 2 heterocycles. The summed E-state index contributed by atoms with van der Waals surface area (Å²) >= 11 is 0. The Hall–Kier alpha value is -3.55. The van der Waals surface area contributed by atoms with Gasteiger partial charge >= 0.3 is 5.69 Å². The van der Waals surface area contributed by atoms with Gasteiger partial charge in [-0.15, -0.1) is 0 Å². The lowest BCUT2D eigenvalue weighted by molar-refractivity contribution is 0.0983. The average molecular weight is 396 g/mol. The number of hydrogen-bond acceptors (Lipinski definition) is 5. The molecule has 3 N–H and O–H groups in total. The Kier molecular flexibility index (Phi) is 6.01. The number of unbranched alkanes of at least 4 members (excludes halogenated alkanes) is 1. The van der Waals surface area contributed by atoms with E-state index in [1.807, 2.05) is 37.3 Å². The number of aromatic amines is 1. The van der Waals surface area contributed by atoms with Crippen molar-refractivity contribution in [2.45, 2.75) is 39.8 Å². The van der Waals surface area contributed by atoms with Gasteiger partial charge in [0.05, 0.1) is 18.4 Å². The van der Waals surface area contributed by atoms with Crippen LogP contribution in [0.25, 0.3) is 0 Å². The van der Waals surface area contributed by atoms with E-state index in [1.165, 1.54) is 15.7 Å². The molecule has 0 saturated carbocycles. The van der Waals surface area contributed by atoms with E-state index in [-0.39, 0.29) is 18.1 Å². The summed E-state index contributed by atoms with van der Waals surface area (Å²) in [5, 5.41) is 0. The van der Waals surface area contributed by atoms with E-state index in [2.05, 4.69) is 4.98 Å². The van der Waals surface area contributed by atoms with E-state index < -0.39 is 17.2 Å². The number of nitrogens with one attached hydrogen (secondary N) is 1. The van der Waals surface area contributed by atoms with Crippen molar-refractivity contribution in [2.75, 3.05) is 10.6 Å². The molecule has 0 bridgehead atoms. The lowest BCUT2D eigenvalue weighted by Gasteiger charge is -2.24. The van der Waals surface area contributed by atoms with E-state index in [4.69, 9.17) is 10.2 Å². The Balaban J connectivity index is 2.16. The number of aromatic nitrogens is 2. The first kappa shape index (κ1) is 20.2. The number of benzene rings is 1. The summed E-state index contributed by atoms with van der Waals surface area (Å²) in [7, 11) is 0. The highest BCUT2D eigenvalue weighted by molar-refractivity contribution is 6.07. The average Bonchev–Trinajstić information content (AvgIpc) is 3.13. The Bertz CT molecular complexity index is 1110. The normalized spacial score (nSPS) is 10.8. The summed E-state index contributed by atoms with van der Waals surface area (Å²) in [6.07, 6.45) is 2.98. The molecule has 0 aliphatic carbocycles. The Labute approximate surface area is 167 Å². The van der Waals surface area contributed by atoms with Gasteiger partial charge in [0.2, 0.25) is 0 Å². The maximum atomic E-state index is 13.3. The van der Waals surface area contributed by atoms with Crippen molar-refractivity contribution >= 4 is 17.4 Å². The van der Waals surface area contributed by atoms with E-state index in [0.717, 1.165) is 12.0 Å². The molecule has 3 rings (SSSR count). The van der Waals surface area contributed by atoms with Crippen molar-refractivity contribution in [3.05, 3.63) is 80.4 Å². The highest BCUT2D eigenvalue weighted by Gasteiger charge is 2.27. The van der Waals surface area contributed by atoms with Crippen molar-refractivity contribution in [1.29, 1.82) is 0 Å². The monoisotopic (exact) mass is 396 g/mol. The number of nitrogens with two attached hydrogens (primary N) is 1. The number of rotatable bonds is 7. The lowest BCUT2D eigenvalue weighted by Crippen LogP contribution is -2.41. The molecule has 0 aliphatic rings. The minimum absolute atomic E-state index is 0.0300. The second kappa shape index (κ2) is 8.64. The summed E-state index contributed by atoms with van der Waals surface area (Å²) in [6.45, 7) is 4.12. The van der Waals surface area contributed by atoms with Crippen LogP contribution in [0.5, 0.6) is 0 Å². The molecule has 0 unspecified atom stereocenters. The molecule has 8 nitrogen and oxygen atoms in total. The smallest absolute Gasteiger partial charge is 0.330 e. The fourth-order valence-corrected chi connectivity index (χ4v) is 3.15. The zero-order valence-corrected chi connectivity index (χ0v) is 16.5. The molecule has 152 valence electrons. The van der Waals surface area contributed by atoms with Gasteiger partial charge < -0.3 is 10.2 Å². The number of aryl methyl sites for hydroxylation is 1. The highest BCUT2D eigenvalue weighted by Crippen LogP contribution is 2.23. The minimum atomic E-state index is -0.703. The van der Waals surface area contributed by atoms with Crippen molar-refractivity contribution in [3.63, 3.8) is 0 Å². The van der Waals surface area contributed by atoms with Gasteiger partial charge in [-0.25, -0.2) is 4.79 Å². The van der Waals surface area contributed by atoms with Crippen LogP contribution in [0, 0.1) is 6.92 Å². The quantitative estimate of drug-likeness (QED) is 0.637. The van der Waals surface area contributed by atoms with Crippen LogP contribution in [0.3, 0.4) is 0 Å². The third-order valence-corrected chi connectivity index (χ3v) is 4.74. The van der Waals surface area contributed by atoms with Crippen molar-refractivity contribution in [3.8, 4) is 0 Å². The third kappa shape index (κ3) is 4.16. The van der Waals surface area contributed by atoms with Crippen LogP contribution >= 0.6 is 0 Å². The van der Waals surface area contributed by atoms with Gasteiger partial charge in [-0.1, -0.05) is 43.7 Å². The van der Waals surface area contributed by atoms with Crippen LogP contribution in [0.4, 0.5) is 11.5 Å². The zero-order valence-electron chi connectivity index (χ0n) is 16.5. The SMILES string of the molecule is CCCCn1c(N)c(N(Cc2ccccc2)C(=O)c2ccoc2C)c(=O)[nH]c1=O. The van der Waals surface area contributed by atoms with Crippen LogP contribution in [-0.2, 0) is 13.1 Å². The van der Waals surface area contributed by atoms with Crippen LogP contribution < -0.4 is 21.9 Å². The summed E-state index contributed by atoms with van der Waals surface area (Å²) in [4.78, 5) is 41.9. The van der Waals surface area contributed by atoms with Gasteiger partial charge in [0.15, 0.2) is 5.69 Å². The molecule has 0 atom stereocenters. The van der Waals surface area contributed by atoms with Gasteiger partial charge in [-0.05, 0) is 25.0 Å². The van der Waals surface area contributed by atoms with Gasteiger partial charge in [-0.2, -0.15) is 0 Å². The summed E-state index contributed by atoms with van der Waals surface area (Å²) < 4.78 is 6.56. The Morgan fingerprint density at radius 2 is 1.93 bits per heavy atom. The second-order valence-electron chi connectivity index (χ2n) is 6.77. The highest BCUT2D eigenvalue weighted by atomic mass is 16.3. The van der Waals surface area contributed by atoms with Gasteiger partial charge in [0, 0.05) is 6.54 Å². The van der Waals surface area contributed by atoms with Crippen LogP contribution in [0.2, 0.25) is 0 Å². The van der Waals surface area contributed by atoms with E-state index in [1.54, 1.807) is 13.0 Å². The molecule has 8 heteroatoms. The third-order valence-electron chi connectivity index (χ3n) is 4.74. The standard InChI is InChI=1S/C21H24N4O4/c1-3-4-11-24-18(22)17(19(26)23-21(24)28)25(13-15-8-6-5-7-9-15)20(27)16-10-12-29-14(16)2/h5-10,12H,3-4,11,13,22H2,1-2H3,(H,23,26,28). The number of hydrogen-bond donors (Lipinski definition) is 2. The first-order valence-electron chi connectivity index (χ1n) is 9.46. The molecule has 0 saturated heterocycles. The van der Waals surface area contributed by atoms with Crippen molar-refractivity contribution in [1.82, 2.24) is 9.55 Å². The topological polar surface area (TPSA) is 114 Å². The van der Waals surface area contributed by atoms with E-state index in [0.29, 0.717) is 24.3 Å². The molecule has 0 aliphatic heterocycles. The van der Waals surface area contributed by atoms with Crippen molar-refractivity contribution in [2.24, 2.45) is 0 Å². The molecule has 0 radical (unpaired) electrons. The van der Waals surface area contributed by atoms with Gasteiger partial charge in [-0.3, -0.25) is 24.0 Å². The molecule has 0 fully saturated rings. The molecule has 29 heavy (non-hydrogen) atoms. The first-order valence-corrected chi connectivity index (χ1v) is 9.46. The number of carbonyl (C=O) groups is 1. The van der Waals surface area contributed by atoms with Gasteiger partial charge in [0.25, 0.3) is 11.5 Å².